The van der Waals surface area contributed by atoms with Crippen molar-refractivity contribution in [1.82, 2.24) is 15.6 Å². The number of carbonyl (C=O) groups excluding carboxylic acids is 2. The molecule has 2 N–H and O–H groups in total. The summed E-state index contributed by atoms with van der Waals surface area (Å²) in [4.78, 5) is 29.0. The zero-order chi connectivity index (χ0) is 17.8. The van der Waals surface area contributed by atoms with Crippen molar-refractivity contribution in [3.63, 3.8) is 0 Å². The minimum Gasteiger partial charge on any atom is -0.346 e. The fourth-order valence-electron chi connectivity index (χ4n) is 2.40. The van der Waals surface area contributed by atoms with Gasteiger partial charge in [-0.05, 0) is 25.1 Å². The number of hydrogen-bond donors (Lipinski definition) is 2. The molecule has 3 aromatic rings. The van der Waals surface area contributed by atoms with E-state index in [9.17, 15) is 9.59 Å². The maximum atomic E-state index is 12.3. The van der Waals surface area contributed by atoms with Crippen molar-refractivity contribution >= 4 is 44.8 Å². The number of nitrogens with zero attached hydrogens (tertiary/aromatic N) is 1. The number of thiophene rings is 1. The third kappa shape index (κ3) is 3.97. The second-order valence-electron chi connectivity index (χ2n) is 5.47. The molecule has 1 atom stereocenters. The van der Waals surface area contributed by atoms with Gasteiger partial charge in [0.05, 0.1) is 23.3 Å². The molecule has 0 fully saturated rings. The molecular formula is C18H16ClN3O2S. The highest BCUT2D eigenvalue weighted by Crippen LogP contribution is 2.34. The van der Waals surface area contributed by atoms with Crippen LogP contribution >= 0.6 is 22.9 Å². The molecule has 5 nitrogen and oxygen atoms in total. The molecule has 0 spiro atoms. The Morgan fingerprint density at radius 3 is 2.68 bits per heavy atom. The quantitative estimate of drug-likeness (QED) is 0.718. The van der Waals surface area contributed by atoms with Crippen molar-refractivity contribution in [2.45, 2.75) is 13.0 Å². The molecule has 2 amide bonds. The highest BCUT2D eigenvalue weighted by Gasteiger charge is 2.18. The number of aromatic nitrogens is 1. The topological polar surface area (TPSA) is 71.1 Å². The first kappa shape index (κ1) is 17.4. The van der Waals surface area contributed by atoms with Crippen molar-refractivity contribution in [2.24, 2.45) is 0 Å². The van der Waals surface area contributed by atoms with Crippen LogP contribution in [0.2, 0.25) is 5.02 Å². The van der Waals surface area contributed by atoms with Crippen molar-refractivity contribution in [2.75, 3.05) is 6.54 Å². The summed E-state index contributed by atoms with van der Waals surface area (Å²) in [7, 11) is 0. The normalized spacial score (nSPS) is 11.9. The molecular weight excluding hydrogens is 358 g/mol. The van der Waals surface area contributed by atoms with E-state index in [-0.39, 0.29) is 24.4 Å². The third-order valence-corrected chi connectivity index (χ3v) is 5.33. The van der Waals surface area contributed by atoms with Gasteiger partial charge in [0.1, 0.15) is 4.88 Å². The van der Waals surface area contributed by atoms with Gasteiger partial charge in [0, 0.05) is 16.3 Å². The average molecular weight is 374 g/mol. The lowest BCUT2D eigenvalue weighted by atomic mass is 10.2. The summed E-state index contributed by atoms with van der Waals surface area (Å²) in [5, 5.41) is 6.67. The van der Waals surface area contributed by atoms with E-state index in [1.807, 2.05) is 49.4 Å². The summed E-state index contributed by atoms with van der Waals surface area (Å²) >= 11 is 7.58. The molecule has 1 aromatic carbocycles. The fraction of sp³-hybridized carbons (Fsp3) is 0.167. The highest BCUT2D eigenvalue weighted by molar-refractivity contribution is 7.21. The summed E-state index contributed by atoms with van der Waals surface area (Å²) in [6.07, 6.45) is 1.67. The molecule has 25 heavy (non-hydrogen) atoms. The molecule has 0 saturated heterocycles. The zero-order valence-electron chi connectivity index (χ0n) is 13.5. The lowest BCUT2D eigenvalue weighted by Crippen LogP contribution is -2.38. The highest BCUT2D eigenvalue weighted by atomic mass is 35.5. The molecule has 2 heterocycles. The zero-order valence-corrected chi connectivity index (χ0v) is 15.0. The Morgan fingerprint density at radius 1 is 1.20 bits per heavy atom. The summed E-state index contributed by atoms with van der Waals surface area (Å²) in [6, 6.07) is 12.8. The van der Waals surface area contributed by atoms with Gasteiger partial charge in [-0.2, -0.15) is 0 Å². The minimum absolute atomic E-state index is 0.124. The van der Waals surface area contributed by atoms with Crippen LogP contribution < -0.4 is 10.6 Å². The van der Waals surface area contributed by atoms with E-state index in [4.69, 9.17) is 11.6 Å². The van der Waals surface area contributed by atoms with Gasteiger partial charge in [-0.1, -0.05) is 35.9 Å². The van der Waals surface area contributed by atoms with E-state index in [1.165, 1.54) is 11.3 Å². The van der Waals surface area contributed by atoms with E-state index in [2.05, 4.69) is 15.6 Å². The Balaban J connectivity index is 1.60. The third-order valence-electron chi connectivity index (χ3n) is 3.66. The predicted octanol–water partition coefficient (Wildman–Crippen LogP) is 3.56. The summed E-state index contributed by atoms with van der Waals surface area (Å²) in [5.74, 6) is -0.643. The number of halogens is 1. The van der Waals surface area contributed by atoms with Crippen LogP contribution in [0.15, 0.2) is 48.7 Å². The number of fused-ring (bicyclic) bond motifs is 1. The van der Waals surface area contributed by atoms with E-state index in [0.717, 1.165) is 15.8 Å². The lowest BCUT2D eigenvalue weighted by Gasteiger charge is -2.13. The van der Waals surface area contributed by atoms with E-state index < -0.39 is 0 Å². The first-order valence-corrected chi connectivity index (χ1v) is 8.91. The van der Waals surface area contributed by atoms with Gasteiger partial charge in [0.25, 0.3) is 5.91 Å². The summed E-state index contributed by atoms with van der Waals surface area (Å²) in [6.45, 7) is 1.71. The van der Waals surface area contributed by atoms with Gasteiger partial charge in [-0.3, -0.25) is 14.6 Å². The van der Waals surface area contributed by atoms with Crippen LogP contribution in [0.5, 0.6) is 0 Å². The van der Waals surface area contributed by atoms with Crippen LogP contribution in [0.3, 0.4) is 0 Å². The Morgan fingerprint density at radius 2 is 1.96 bits per heavy atom. The second-order valence-corrected chi connectivity index (χ2v) is 6.90. The van der Waals surface area contributed by atoms with Gasteiger partial charge in [-0.25, -0.2) is 0 Å². The average Bonchev–Trinajstić information content (AvgIpc) is 2.97. The standard InChI is InChI=1S/C18H16ClN3O2S/c1-11(13-7-4-5-9-20-13)22-15(23)10-21-18(24)17-16(19)12-6-2-3-8-14(12)25-17/h2-9,11H,10H2,1H3,(H,21,24)(H,22,23)/t11-/m1/s1. The maximum Gasteiger partial charge on any atom is 0.263 e. The van der Waals surface area contributed by atoms with Crippen LogP contribution in [-0.4, -0.2) is 23.3 Å². The van der Waals surface area contributed by atoms with Crippen LogP contribution in [0.25, 0.3) is 10.1 Å². The summed E-state index contributed by atoms with van der Waals surface area (Å²) in [5.41, 5.74) is 0.759. The Bertz CT molecular complexity index is 911. The molecule has 0 radical (unpaired) electrons. The molecule has 0 aliphatic heterocycles. The van der Waals surface area contributed by atoms with Crippen molar-refractivity contribution in [3.8, 4) is 0 Å². The van der Waals surface area contributed by atoms with Gasteiger partial charge in [0.15, 0.2) is 0 Å². The van der Waals surface area contributed by atoms with E-state index in [1.54, 1.807) is 6.20 Å². The van der Waals surface area contributed by atoms with Crippen molar-refractivity contribution < 1.29 is 9.59 Å². The first-order valence-electron chi connectivity index (χ1n) is 7.72. The van der Waals surface area contributed by atoms with Gasteiger partial charge >= 0.3 is 0 Å². The smallest absolute Gasteiger partial charge is 0.263 e. The number of benzene rings is 1. The largest absolute Gasteiger partial charge is 0.346 e. The molecule has 0 aliphatic carbocycles. The number of carbonyl (C=O) groups is 2. The molecule has 0 aliphatic rings. The molecule has 0 saturated carbocycles. The number of hydrogen-bond acceptors (Lipinski definition) is 4. The minimum atomic E-state index is -0.355. The maximum absolute atomic E-state index is 12.3. The van der Waals surface area contributed by atoms with Crippen LogP contribution in [0.1, 0.15) is 28.3 Å². The molecule has 7 heteroatoms. The first-order chi connectivity index (χ1) is 12.1. The molecule has 128 valence electrons. The number of pyridine rings is 1. The Kier molecular flexibility index (Phi) is 5.31. The Hall–Kier alpha value is -2.44. The molecule has 2 aromatic heterocycles. The van der Waals surface area contributed by atoms with Crippen LogP contribution in [-0.2, 0) is 4.79 Å². The lowest BCUT2D eigenvalue weighted by molar-refractivity contribution is -0.120. The van der Waals surface area contributed by atoms with E-state index >= 15 is 0 Å². The van der Waals surface area contributed by atoms with Crippen LogP contribution in [0.4, 0.5) is 0 Å². The van der Waals surface area contributed by atoms with Gasteiger partial charge in [-0.15, -0.1) is 11.3 Å². The predicted molar refractivity (Wildman–Crippen MR) is 100.0 cm³/mol. The van der Waals surface area contributed by atoms with E-state index in [0.29, 0.717) is 9.90 Å². The number of nitrogens with one attached hydrogen (secondary N) is 2. The van der Waals surface area contributed by atoms with Crippen molar-refractivity contribution in [3.05, 3.63) is 64.3 Å². The second kappa shape index (κ2) is 7.63. The molecule has 0 bridgehead atoms. The number of amides is 2. The van der Waals surface area contributed by atoms with Gasteiger partial charge in [0.2, 0.25) is 5.91 Å². The number of rotatable bonds is 5. The molecule has 0 unspecified atom stereocenters. The summed E-state index contributed by atoms with van der Waals surface area (Å²) < 4.78 is 0.936. The SMILES string of the molecule is C[C@@H](NC(=O)CNC(=O)c1sc2ccccc2c1Cl)c1ccccn1. The van der Waals surface area contributed by atoms with Crippen molar-refractivity contribution in [1.29, 1.82) is 0 Å². The van der Waals surface area contributed by atoms with Gasteiger partial charge < -0.3 is 10.6 Å². The monoisotopic (exact) mass is 373 g/mol. The fourth-order valence-corrected chi connectivity index (χ4v) is 3.83. The Labute approximate surface area is 154 Å². The molecule has 3 rings (SSSR count). The van der Waals surface area contributed by atoms with Crippen LogP contribution in [0, 0.1) is 0 Å².